The lowest BCUT2D eigenvalue weighted by molar-refractivity contribution is 0.0254. The molecule has 34 heavy (non-hydrogen) atoms. The largest absolute Gasteiger partial charge is 0.496 e. The number of aromatic nitrogens is 2. The monoisotopic (exact) mass is 468 g/mol. The Labute approximate surface area is 199 Å². The van der Waals surface area contributed by atoms with Gasteiger partial charge in [0.25, 0.3) is 0 Å². The number of anilines is 3. The van der Waals surface area contributed by atoms with Crippen LogP contribution in [0.2, 0.25) is 0 Å². The molecule has 11 nitrogen and oxygen atoms in total. The molecule has 0 radical (unpaired) electrons. The summed E-state index contributed by atoms with van der Waals surface area (Å²) in [6.07, 6.45) is -0.466. The van der Waals surface area contributed by atoms with Crippen molar-refractivity contribution in [2.24, 2.45) is 0 Å². The van der Waals surface area contributed by atoms with E-state index in [0.717, 1.165) is 5.69 Å². The summed E-state index contributed by atoms with van der Waals surface area (Å²) in [5.41, 5.74) is 1.37. The summed E-state index contributed by atoms with van der Waals surface area (Å²) in [5, 5.41) is 23.4. The molecule has 1 aliphatic heterocycles. The van der Waals surface area contributed by atoms with Crippen molar-refractivity contribution in [3.05, 3.63) is 35.5 Å². The molecule has 0 spiro atoms. The number of amidine groups is 2. The van der Waals surface area contributed by atoms with E-state index in [1.165, 1.54) is 12.0 Å². The minimum Gasteiger partial charge on any atom is -0.496 e. The van der Waals surface area contributed by atoms with Crippen molar-refractivity contribution in [3.8, 4) is 5.75 Å². The summed E-state index contributed by atoms with van der Waals surface area (Å²) in [4.78, 5) is 24.2. The zero-order valence-corrected chi connectivity index (χ0v) is 20.4. The van der Waals surface area contributed by atoms with Crippen LogP contribution in [0.3, 0.4) is 0 Å². The van der Waals surface area contributed by atoms with Crippen molar-refractivity contribution < 1.29 is 14.3 Å². The fourth-order valence-corrected chi connectivity index (χ4v) is 3.43. The molecule has 0 unspecified atom stereocenters. The number of aryl methyl sites for hydroxylation is 1. The van der Waals surface area contributed by atoms with E-state index >= 15 is 0 Å². The standard InChI is InChI=1S/C23H32N8O3/c1-14-11-19(26-5)29-21(27-14)28-15-7-8-17(33-6)16(12-15)20(25)31-10-9-30(13-18(31)24)22(32)34-23(2,3)4/h7-8,11-12,24-25H,9-10,13H2,1-6H3,(H2,26,27,28,29). The Hall–Kier alpha value is -3.89. The molecule has 11 heteroatoms. The van der Waals surface area contributed by atoms with Gasteiger partial charge in [-0.25, -0.2) is 9.78 Å². The molecule has 0 saturated carbocycles. The number of carbonyl (C=O) groups excluding carboxylic acids is 1. The summed E-state index contributed by atoms with van der Waals surface area (Å²) < 4.78 is 10.9. The predicted octanol–water partition coefficient (Wildman–Crippen LogP) is 3.43. The predicted molar refractivity (Wildman–Crippen MR) is 132 cm³/mol. The number of amides is 1. The molecular formula is C23H32N8O3. The van der Waals surface area contributed by atoms with Gasteiger partial charge in [-0.05, 0) is 45.9 Å². The second-order valence-electron chi connectivity index (χ2n) is 8.86. The van der Waals surface area contributed by atoms with Gasteiger partial charge in [0.1, 0.15) is 28.8 Å². The molecule has 4 N–H and O–H groups in total. The van der Waals surface area contributed by atoms with E-state index in [1.54, 1.807) is 44.9 Å². The van der Waals surface area contributed by atoms with Gasteiger partial charge in [0.15, 0.2) is 0 Å². The molecule has 182 valence electrons. The summed E-state index contributed by atoms with van der Waals surface area (Å²) in [6.45, 7) is 7.98. The Morgan fingerprint density at radius 3 is 2.53 bits per heavy atom. The molecule has 1 aromatic carbocycles. The second kappa shape index (κ2) is 9.94. The maximum Gasteiger partial charge on any atom is 0.410 e. The highest BCUT2D eigenvalue weighted by Crippen LogP contribution is 2.27. The Bertz CT molecular complexity index is 1100. The third-order valence-electron chi connectivity index (χ3n) is 5.00. The number of hydrogen-bond donors (Lipinski definition) is 4. The minimum absolute atomic E-state index is 0.0570. The zero-order valence-electron chi connectivity index (χ0n) is 20.4. The van der Waals surface area contributed by atoms with Gasteiger partial charge in [-0.1, -0.05) is 0 Å². The van der Waals surface area contributed by atoms with Crippen molar-refractivity contribution in [1.82, 2.24) is 19.8 Å². The average Bonchev–Trinajstić information content (AvgIpc) is 2.77. The van der Waals surface area contributed by atoms with Crippen LogP contribution in [0.4, 0.5) is 22.2 Å². The smallest absolute Gasteiger partial charge is 0.410 e. The van der Waals surface area contributed by atoms with Crippen LogP contribution in [0.1, 0.15) is 32.0 Å². The van der Waals surface area contributed by atoms with Gasteiger partial charge in [-0.2, -0.15) is 4.98 Å². The van der Waals surface area contributed by atoms with E-state index < -0.39 is 11.7 Å². The number of methoxy groups -OCH3 is 1. The van der Waals surface area contributed by atoms with Crippen LogP contribution in [-0.4, -0.2) is 76.9 Å². The van der Waals surface area contributed by atoms with Crippen molar-refractivity contribution in [1.29, 1.82) is 10.8 Å². The van der Waals surface area contributed by atoms with Gasteiger partial charge >= 0.3 is 6.09 Å². The zero-order chi connectivity index (χ0) is 25.0. The normalized spacial score (nSPS) is 14.0. The van der Waals surface area contributed by atoms with Crippen molar-refractivity contribution >= 4 is 35.2 Å². The van der Waals surface area contributed by atoms with Crippen LogP contribution in [-0.2, 0) is 4.74 Å². The lowest BCUT2D eigenvalue weighted by Gasteiger charge is -2.37. The molecule has 2 aromatic rings. The lowest BCUT2D eigenvalue weighted by Crippen LogP contribution is -2.54. The molecule has 1 fully saturated rings. The number of benzene rings is 1. The van der Waals surface area contributed by atoms with Crippen LogP contribution in [0.5, 0.6) is 5.75 Å². The van der Waals surface area contributed by atoms with E-state index in [1.807, 2.05) is 19.1 Å². The van der Waals surface area contributed by atoms with E-state index in [0.29, 0.717) is 41.9 Å². The second-order valence-corrected chi connectivity index (χ2v) is 8.86. The van der Waals surface area contributed by atoms with E-state index in [9.17, 15) is 4.79 Å². The maximum absolute atomic E-state index is 12.4. The molecule has 1 aromatic heterocycles. The summed E-state index contributed by atoms with van der Waals surface area (Å²) in [5.74, 6) is 1.84. The summed E-state index contributed by atoms with van der Waals surface area (Å²) in [6, 6.07) is 7.16. The Morgan fingerprint density at radius 2 is 1.91 bits per heavy atom. The fourth-order valence-electron chi connectivity index (χ4n) is 3.43. The van der Waals surface area contributed by atoms with Gasteiger partial charge < -0.3 is 25.0 Å². The fraction of sp³-hybridized carbons (Fsp3) is 0.435. The molecule has 1 saturated heterocycles. The molecule has 0 atom stereocenters. The quantitative estimate of drug-likeness (QED) is 0.387. The van der Waals surface area contributed by atoms with Crippen molar-refractivity contribution in [2.45, 2.75) is 33.3 Å². The molecule has 2 heterocycles. The first-order chi connectivity index (χ1) is 16.0. The number of rotatable bonds is 5. The number of carbonyl (C=O) groups is 1. The number of ether oxygens (including phenoxy) is 2. The van der Waals surface area contributed by atoms with Crippen LogP contribution >= 0.6 is 0 Å². The van der Waals surface area contributed by atoms with Gasteiger partial charge in [-0.3, -0.25) is 15.7 Å². The third-order valence-corrected chi connectivity index (χ3v) is 5.00. The maximum atomic E-state index is 12.4. The van der Waals surface area contributed by atoms with E-state index in [-0.39, 0.29) is 18.2 Å². The summed E-state index contributed by atoms with van der Waals surface area (Å²) in [7, 11) is 3.32. The summed E-state index contributed by atoms with van der Waals surface area (Å²) >= 11 is 0. The Kier molecular flexibility index (Phi) is 7.23. The first-order valence-electron chi connectivity index (χ1n) is 10.9. The number of nitrogens with zero attached hydrogens (tertiary/aromatic N) is 4. The number of nitrogens with one attached hydrogen (secondary N) is 4. The minimum atomic E-state index is -0.612. The van der Waals surface area contributed by atoms with Crippen LogP contribution in [0, 0.1) is 17.7 Å². The first-order valence-corrected chi connectivity index (χ1v) is 10.9. The Balaban J connectivity index is 1.78. The van der Waals surface area contributed by atoms with Crippen molar-refractivity contribution in [2.75, 3.05) is 44.4 Å². The highest BCUT2D eigenvalue weighted by atomic mass is 16.6. The molecule has 3 rings (SSSR count). The highest BCUT2D eigenvalue weighted by Gasteiger charge is 2.31. The van der Waals surface area contributed by atoms with Crippen LogP contribution < -0.4 is 15.4 Å². The van der Waals surface area contributed by atoms with Crippen LogP contribution in [0.25, 0.3) is 0 Å². The average molecular weight is 469 g/mol. The molecule has 1 amide bonds. The molecular weight excluding hydrogens is 436 g/mol. The SMILES string of the molecule is CNc1cc(C)nc(Nc2ccc(OC)c(C(=N)N3CCN(C(=O)OC(C)(C)C)CC3=N)c2)n1. The van der Waals surface area contributed by atoms with E-state index in [4.69, 9.17) is 20.3 Å². The van der Waals surface area contributed by atoms with E-state index in [2.05, 4.69) is 20.6 Å². The molecule has 0 bridgehead atoms. The lowest BCUT2D eigenvalue weighted by atomic mass is 10.1. The third kappa shape index (κ3) is 5.91. The van der Waals surface area contributed by atoms with Gasteiger partial charge in [0, 0.05) is 37.6 Å². The molecule has 1 aliphatic rings. The van der Waals surface area contributed by atoms with Crippen LogP contribution in [0.15, 0.2) is 24.3 Å². The first kappa shape index (κ1) is 24.7. The molecule has 0 aliphatic carbocycles. The van der Waals surface area contributed by atoms with Gasteiger partial charge in [0.2, 0.25) is 5.95 Å². The van der Waals surface area contributed by atoms with Crippen molar-refractivity contribution in [3.63, 3.8) is 0 Å². The Morgan fingerprint density at radius 1 is 1.18 bits per heavy atom. The van der Waals surface area contributed by atoms with Gasteiger partial charge in [-0.15, -0.1) is 0 Å². The topological polar surface area (TPSA) is 140 Å². The highest BCUT2D eigenvalue weighted by molar-refractivity contribution is 6.10. The number of piperazine rings is 1. The number of hydrogen-bond acceptors (Lipinski definition) is 9. The van der Waals surface area contributed by atoms with Gasteiger partial charge in [0.05, 0.1) is 19.2 Å².